The van der Waals surface area contributed by atoms with Gasteiger partial charge in [-0.25, -0.2) is 17.9 Å². The van der Waals surface area contributed by atoms with Crippen LogP contribution in [0, 0.1) is 13.8 Å². The Balaban J connectivity index is 1.78. The van der Waals surface area contributed by atoms with Gasteiger partial charge in [-0.05, 0) is 49.7 Å². The second-order valence-electron chi connectivity index (χ2n) is 6.50. The molecule has 1 amide bonds. The number of carbonyl (C=O) groups is 2. The summed E-state index contributed by atoms with van der Waals surface area (Å²) in [7, 11) is -2.55. The van der Waals surface area contributed by atoms with E-state index >= 15 is 0 Å². The molecule has 0 aliphatic carbocycles. The van der Waals surface area contributed by atoms with E-state index < -0.39 is 21.9 Å². The Morgan fingerprint density at radius 1 is 1.17 bits per heavy atom. The van der Waals surface area contributed by atoms with E-state index in [9.17, 15) is 18.0 Å². The Kier molecular flexibility index (Phi) is 6.09. The largest absolute Gasteiger partial charge is 0.468 e. The van der Waals surface area contributed by atoms with Gasteiger partial charge in [-0.2, -0.15) is 0 Å². The third kappa shape index (κ3) is 4.44. The van der Waals surface area contributed by atoms with Crippen LogP contribution in [0.3, 0.4) is 0 Å². The normalized spacial score (nSPS) is 11.3. The van der Waals surface area contributed by atoms with Crippen LogP contribution >= 0.6 is 0 Å². The zero-order valence-electron chi connectivity index (χ0n) is 16.6. The summed E-state index contributed by atoms with van der Waals surface area (Å²) < 4.78 is 37.3. The fraction of sp³-hybridized carbons (Fsp3) is 0.200. The molecular weight excluding hydrogens is 410 g/mol. The van der Waals surface area contributed by atoms with Gasteiger partial charge in [0, 0.05) is 11.4 Å². The highest BCUT2D eigenvalue weighted by Gasteiger charge is 2.23. The number of aromatic amines is 1. The molecule has 0 aliphatic rings. The van der Waals surface area contributed by atoms with Gasteiger partial charge < -0.3 is 19.5 Å². The Hall–Kier alpha value is -3.37. The number of rotatable bonds is 7. The second-order valence-corrected chi connectivity index (χ2v) is 8.27. The zero-order chi connectivity index (χ0) is 21.9. The number of ether oxygens (including phenoxy) is 1. The molecule has 0 unspecified atom stereocenters. The molecule has 1 aromatic carbocycles. The number of furan rings is 1. The maximum absolute atomic E-state index is 12.7. The standard InChI is InChI=1S/C20H21N3O6S/c1-12-17(20(25)28-3)13(2)22-18(12)19(24)23-14-6-4-8-16(10-14)30(26,27)21-11-15-7-5-9-29-15/h4-10,21-22H,11H2,1-3H3,(H,23,24). The number of esters is 1. The topological polar surface area (TPSA) is 130 Å². The summed E-state index contributed by atoms with van der Waals surface area (Å²) in [6.07, 6.45) is 1.45. The number of H-pyrrole nitrogens is 1. The first-order valence-electron chi connectivity index (χ1n) is 8.94. The Morgan fingerprint density at radius 3 is 2.60 bits per heavy atom. The molecular formula is C20H21N3O6S. The smallest absolute Gasteiger partial charge is 0.339 e. The predicted molar refractivity (Wildman–Crippen MR) is 109 cm³/mol. The van der Waals surface area contributed by atoms with Gasteiger partial charge in [0.05, 0.1) is 30.4 Å². The number of sulfonamides is 1. The Bertz CT molecular complexity index is 1180. The summed E-state index contributed by atoms with van der Waals surface area (Å²) in [5.41, 5.74) is 1.72. The summed E-state index contributed by atoms with van der Waals surface area (Å²) in [6, 6.07) is 9.16. The van der Waals surface area contributed by atoms with E-state index in [-0.39, 0.29) is 22.8 Å². The van der Waals surface area contributed by atoms with Gasteiger partial charge in [0.1, 0.15) is 11.5 Å². The second kappa shape index (κ2) is 8.56. The number of carbonyl (C=O) groups excluding carboxylic acids is 2. The van der Waals surface area contributed by atoms with Crippen molar-refractivity contribution in [3.05, 3.63) is 70.9 Å². The molecule has 0 fully saturated rings. The average Bonchev–Trinajstić information content (AvgIpc) is 3.34. The number of hydrogen-bond acceptors (Lipinski definition) is 6. The summed E-state index contributed by atoms with van der Waals surface area (Å²) >= 11 is 0. The average molecular weight is 431 g/mol. The lowest BCUT2D eigenvalue weighted by atomic mass is 10.1. The molecule has 0 radical (unpaired) electrons. The van der Waals surface area contributed by atoms with E-state index in [2.05, 4.69) is 15.0 Å². The van der Waals surface area contributed by atoms with Crippen molar-refractivity contribution >= 4 is 27.6 Å². The molecule has 3 N–H and O–H groups in total. The minimum absolute atomic E-state index is 0.00315. The van der Waals surface area contributed by atoms with E-state index in [4.69, 9.17) is 9.15 Å². The molecule has 2 aromatic heterocycles. The molecule has 0 spiro atoms. The number of amides is 1. The van der Waals surface area contributed by atoms with Gasteiger partial charge in [-0.15, -0.1) is 0 Å². The van der Waals surface area contributed by atoms with Crippen molar-refractivity contribution in [3.63, 3.8) is 0 Å². The summed E-state index contributed by atoms with van der Waals surface area (Å²) in [6.45, 7) is 3.29. The lowest BCUT2D eigenvalue weighted by Crippen LogP contribution is -2.23. The van der Waals surface area contributed by atoms with E-state index in [0.717, 1.165) is 0 Å². The molecule has 0 aliphatic heterocycles. The first-order valence-corrected chi connectivity index (χ1v) is 10.4. The van der Waals surface area contributed by atoms with Gasteiger partial charge in [0.15, 0.2) is 0 Å². The van der Waals surface area contributed by atoms with Gasteiger partial charge in [0.2, 0.25) is 10.0 Å². The van der Waals surface area contributed by atoms with Crippen LogP contribution in [-0.4, -0.2) is 32.4 Å². The lowest BCUT2D eigenvalue weighted by Gasteiger charge is -2.09. The van der Waals surface area contributed by atoms with Crippen molar-refractivity contribution in [2.75, 3.05) is 12.4 Å². The van der Waals surface area contributed by atoms with Crippen molar-refractivity contribution in [3.8, 4) is 0 Å². The quantitative estimate of drug-likeness (QED) is 0.493. The third-order valence-corrected chi connectivity index (χ3v) is 5.87. The molecule has 0 saturated carbocycles. The van der Waals surface area contributed by atoms with Crippen LogP contribution < -0.4 is 10.0 Å². The van der Waals surface area contributed by atoms with Crippen molar-refractivity contribution in [1.29, 1.82) is 0 Å². The molecule has 158 valence electrons. The number of nitrogens with one attached hydrogen (secondary N) is 3. The molecule has 0 atom stereocenters. The summed E-state index contributed by atoms with van der Waals surface area (Å²) in [5, 5.41) is 2.65. The van der Waals surface area contributed by atoms with Crippen LogP contribution in [0.4, 0.5) is 5.69 Å². The highest BCUT2D eigenvalue weighted by Crippen LogP contribution is 2.21. The number of benzene rings is 1. The molecule has 0 saturated heterocycles. The third-order valence-electron chi connectivity index (χ3n) is 4.47. The Labute approximate surface area is 173 Å². The van der Waals surface area contributed by atoms with Gasteiger partial charge in [0.25, 0.3) is 5.91 Å². The fourth-order valence-corrected chi connectivity index (χ4v) is 4.02. The first-order chi connectivity index (χ1) is 14.2. The lowest BCUT2D eigenvalue weighted by molar-refractivity contribution is 0.0599. The molecule has 0 bridgehead atoms. The van der Waals surface area contributed by atoms with Gasteiger partial charge >= 0.3 is 5.97 Å². The van der Waals surface area contributed by atoms with Crippen LogP contribution in [0.5, 0.6) is 0 Å². The monoisotopic (exact) mass is 431 g/mol. The fourth-order valence-electron chi connectivity index (χ4n) is 2.98. The highest BCUT2D eigenvalue weighted by molar-refractivity contribution is 7.89. The first kappa shape index (κ1) is 21.3. The molecule has 10 heteroatoms. The molecule has 3 aromatic rings. The van der Waals surface area contributed by atoms with E-state index in [1.165, 1.54) is 31.6 Å². The number of anilines is 1. The maximum Gasteiger partial charge on any atom is 0.339 e. The number of aryl methyl sites for hydroxylation is 1. The minimum atomic E-state index is -3.81. The summed E-state index contributed by atoms with van der Waals surface area (Å²) in [5.74, 6) is -0.582. The summed E-state index contributed by atoms with van der Waals surface area (Å²) in [4.78, 5) is 27.4. The van der Waals surface area contributed by atoms with E-state index in [1.54, 1.807) is 32.0 Å². The van der Waals surface area contributed by atoms with Crippen LogP contribution in [-0.2, 0) is 21.3 Å². The van der Waals surface area contributed by atoms with Crippen molar-refractivity contribution in [1.82, 2.24) is 9.71 Å². The number of hydrogen-bond donors (Lipinski definition) is 3. The maximum atomic E-state index is 12.7. The van der Waals surface area contributed by atoms with E-state index in [1.807, 2.05) is 0 Å². The minimum Gasteiger partial charge on any atom is -0.468 e. The van der Waals surface area contributed by atoms with E-state index in [0.29, 0.717) is 22.6 Å². The predicted octanol–water partition coefficient (Wildman–Crippen LogP) is 2.74. The van der Waals surface area contributed by atoms with Gasteiger partial charge in [-0.3, -0.25) is 4.79 Å². The number of aromatic nitrogens is 1. The molecule has 9 nitrogen and oxygen atoms in total. The van der Waals surface area contributed by atoms with Crippen LogP contribution in [0.15, 0.2) is 52.0 Å². The SMILES string of the molecule is COC(=O)c1c(C)[nH]c(C(=O)Nc2cccc(S(=O)(=O)NCc3ccco3)c2)c1C. The molecule has 2 heterocycles. The van der Waals surface area contributed by atoms with Crippen molar-refractivity contribution in [2.45, 2.75) is 25.3 Å². The van der Waals surface area contributed by atoms with Crippen LogP contribution in [0.2, 0.25) is 0 Å². The van der Waals surface area contributed by atoms with Crippen molar-refractivity contribution < 1.29 is 27.2 Å². The zero-order valence-corrected chi connectivity index (χ0v) is 17.4. The molecule has 30 heavy (non-hydrogen) atoms. The van der Waals surface area contributed by atoms with Crippen LogP contribution in [0.1, 0.15) is 37.9 Å². The molecule has 3 rings (SSSR count). The number of methoxy groups -OCH3 is 1. The van der Waals surface area contributed by atoms with Gasteiger partial charge in [-0.1, -0.05) is 6.07 Å². The van der Waals surface area contributed by atoms with Crippen molar-refractivity contribution in [2.24, 2.45) is 0 Å². The Morgan fingerprint density at radius 2 is 1.93 bits per heavy atom. The highest BCUT2D eigenvalue weighted by atomic mass is 32.2. The van der Waals surface area contributed by atoms with Crippen LogP contribution in [0.25, 0.3) is 0 Å².